The van der Waals surface area contributed by atoms with Crippen molar-refractivity contribution >= 4 is 23.4 Å². The van der Waals surface area contributed by atoms with Crippen LogP contribution in [-0.4, -0.2) is 21.9 Å². The number of nitrogens with zero attached hydrogens (tertiary/aromatic N) is 2. The molecule has 26 heavy (non-hydrogen) atoms. The molecule has 0 aliphatic rings. The van der Waals surface area contributed by atoms with E-state index >= 15 is 0 Å². The van der Waals surface area contributed by atoms with Gasteiger partial charge in [-0.2, -0.15) is 0 Å². The predicted octanol–water partition coefficient (Wildman–Crippen LogP) is 4.65. The Bertz CT molecular complexity index is 904. The topological polar surface area (TPSA) is 68.0 Å². The fourth-order valence-electron chi connectivity index (χ4n) is 2.41. The van der Waals surface area contributed by atoms with Gasteiger partial charge in [-0.15, -0.1) is 10.2 Å². The van der Waals surface area contributed by atoms with Crippen LogP contribution in [0.5, 0.6) is 0 Å². The molecule has 0 bridgehead atoms. The lowest BCUT2D eigenvalue weighted by molar-refractivity contribution is -0.113. The van der Waals surface area contributed by atoms with E-state index in [2.05, 4.69) is 29.4 Å². The normalized spacial score (nSPS) is 10.7. The average Bonchev–Trinajstić information content (AvgIpc) is 3.12. The van der Waals surface area contributed by atoms with Crippen molar-refractivity contribution in [3.63, 3.8) is 0 Å². The lowest BCUT2D eigenvalue weighted by atomic mass is 10.1. The highest BCUT2D eigenvalue weighted by Gasteiger charge is 2.12. The Labute approximate surface area is 157 Å². The van der Waals surface area contributed by atoms with E-state index in [0.717, 1.165) is 17.7 Å². The summed E-state index contributed by atoms with van der Waals surface area (Å²) in [6.45, 7) is 6.20. The first-order valence-electron chi connectivity index (χ1n) is 8.48. The summed E-state index contributed by atoms with van der Waals surface area (Å²) in [6.07, 6.45) is 0.976. The highest BCUT2D eigenvalue weighted by Crippen LogP contribution is 2.25. The lowest BCUT2D eigenvalue weighted by Crippen LogP contribution is -2.13. The van der Waals surface area contributed by atoms with E-state index in [1.54, 1.807) is 0 Å². The Balaban J connectivity index is 1.57. The molecule has 0 atom stereocenters. The minimum atomic E-state index is -0.106. The third-order valence-corrected chi connectivity index (χ3v) is 4.95. The van der Waals surface area contributed by atoms with Crippen LogP contribution in [-0.2, 0) is 11.2 Å². The zero-order chi connectivity index (χ0) is 18.5. The molecular weight excluding hydrogens is 346 g/mol. The van der Waals surface area contributed by atoms with Crippen LogP contribution in [0.25, 0.3) is 11.5 Å². The number of amides is 1. The minimum absolute atomic E-state index is 0.106. The molecule has 1 heterocycles. The maximum absolute atomic E-state index is 12.1. The number of hydrogen-bond acceptors (Lipinski definition) is 5. The van der Waals surface area contributed by atoms with Crippen LogP contribution in [0.15, 0.2) is 52.1 Å². The van der Waals surface area contributed by atoms with Crippen LogP contribution in [0, 0.1) is 13.8 Å². The standard InChI is InChI=1S/C20H21N3O2S/c1-4-15-6-9-17(10-7-15)21-18(24)12-26-20-23-22-19(25-20)16-8-5-13(2)14(3)11-16/h5-11H,4,12H2,1-3H3,(H,21,24). The minimum Gasteiger partial charge on any atom is -0.411 e. The molecule has 0 radical (unpaired) electrons. The van der Waals surface area contributed by atoms with Gasteiger partial charge in [-0.05, 0) is 61.2 Å². The summed E-state index contributed by atoms with van der Waals surface area (Å²) in [4.78, 5) is 12.1. The molecule has 134 valence electrons. The molecule has 5 nitrogen and oxygen atoms in total. The summed E-state index contributed by atoms with van der Waals surface area (Å²) in [6, 6.07) is 13.8. The maximum Gasteiger partial charge on any atom is 0.277 e. The molecule has 0 spiro atoms. The summed E-state index contributed by atoms with van der Waals surface area (Å²) in [5.74, 6) is 0.570. The zero-order valence-corrected chi connectivity index (χ0v) is 15.9. The largest absolute Gasteiger partial charge is 0.411 e. The van der Waals surface area contributed by atoms with Crippen molar-refractivity contribution in [3.8, 4) is 11.5 Å². The first-order chi connectivity index (χ1) is 12.5. The van der Waals surface area contributed by atoms with Crippen molar-refractivity contribution in [3.05, 3.63) is 59.2 Å². The monoisotopic (exact) mass is 367 g/mol. The molecule has 0 aliphatic heterocycles. The van der Waals surface area contributed by atoms with Crippen molar-refractivity contribution in [1.29, 1.82) is 0 Å². The second-order valence-corrected chi connectivity index (χ2v) is 6.99. The SMILES string of the molecule is CCc1ccc(NC(=O)CSc2nnc(-c3ccc(C)c(C)c3)o2)cc1. The van der Waals surface area contributed by atoms with Gasteiger partial charge in [0.25, 0.3) is 5.22 Å². The Morgan fingerprint density at radius 3 is 2.54 bits per heavy atom. The number of aryl methyl sites for hydroxylation is 3. The Kier molecular flexibility index (Phi) is 5.73. The van der Waals surface area contributed by atoms with Crippen LogP contribution in [0.3, 0.4) is 0 Å². The van der Waals surface area contributed by atoms with E-state index in [9.17, 15) is 4.79 Å². The van der Waals surface area contributed by atoms with Crippen molar-refractivity contribution < 1.29 is 9.21 Å². The molecule has 0 fully saturated rings. The first kappa shape index (κ1) is 18.2. The van der Waals surface area contributed by atoms with Crippen LogP contribution < -0.4 is 5.32 Å². The van der Waals surface area contributed by atoms with Crippen molar-refractivity contribution in [2.24, 2.45) is 0 Å². The zero-order valence-electron chi connectivity index (χ0n) is 15.1. The van der Waals surface area contributed by atoms with Crippen molar-refractivity contribution in [2.45, 2.75) is 32.4 Å². The fraction of sp³-hybridized carbons (Fsp3) is 0.250. The third-order valence-electron chi connectivity index (χ3n) is 4.13. The van der Waals surface area contributed by atoms with E-state index in [0.29, 0.717) is 11.1 Å². The van der Waals surface area contributed by atoms with Crippen LogP contribution >= 0.6 is 11.8 Å². The quantitative estimate of drug-likeness (QED) is 0.643. The Morgan fingerprint density at radius 2 is 1.85 bits per heavy atom. The summed E-state index contributed by atoms with van der Waals surface area (Å²) >= 11 is 1.23. The number of thioether (sulfide) groups is 1. The molecular formula is C20H21N3O2S. The van der Waals surface area contributed by atoms with Gasteiger partial charge in [0.1, 0.15) is 0 Å². The molecule has 3 rings (SSSR count). The number of aromatic nitrogens is 2. The lowest BCUT2D eigenvalue weighted by Gasteiger charge is -2.04. The number of hydrogen-bond donors (Lipinski definition) is 1. The number of benzene rings is 2. The molecule has 0 saturated heterocycles. The van der Waals surface area contributed by atoms with Gasteiger partial charge < -0.3 is 9.73 Å². The van der Waals surface area contributed by atoms with E-state index < -0.39 is 0 Å². The van der Waals surface area contributed by atoms with Gasteiger partial charge in [0.2, 0.25) is 11.8 Å². The van der Waals surface area contributed by atoms with Crippen LogP contribution in [0.4, 0.5) is 5.69 Å². The first-order valence-corrected chi connectivity index (χ1v) is 9.46. The van der Waals surface area contributed by atoms with Gasteiger partial charge in [-0.3, -0.25) is 4.79 Å². The molecule has 1 aromatic heterocycles. The van der Waals surface area contributed by atoms with Gasteiger partial charge in [0.15, 0.2) is 0 Å². The molecule has 2 aromatic carbocycles. The fourth-order valence-corrected chi connectivity index (χ4v) is 2.97. The Morgan fingerprint density at radius 1 is 1.08 bits per heavy atom. The van der Waals surface area contributed by atoms with Crippen LogP contribution in [0.2, 0.25) is 0 Å². The summed E-state index contributed by atoms with van der Waals surface area (Å²) < 4.78 is 5.66. The molecule has 0 saturated carbocycles. The van der Waals surface area contributed by atoms with Gasteiger partial charge in [-0.1, -0.05) is 36.9 Å². The molecule has 0 unspecified atom stereocenters. The highest BCUT2D eigenvalue weighted by molar-refractivity contribution is 7.99. The number of carbonyl (C=O) groups is 1. The summed E-state index contributed by atoms with van der Waals surface area (Å²) in [7, 11) is 0. The second-order valence-electron chi connectivity index (χ2n) is 6.06. The van der Waals surface area contributed by atoms with E-state index in [4.69, 9.17) is 4.42 Å². The van der Waals surface area contributed by atoms with E-state index in [1.165, 1.54) is 28.5 Å². The predicted molar refractivity (Wildman–Crippen MR) is 104 cm³/mol. The smallest absolute Gasteiger partial charge is 0.277 e. The number of anilines is 1. The maximum atomic E-state index is 12.1. The molecule has 3 aromatic rings. The molecule has 6 heteroatoms. The molecule has 1 amide bonds. The van der Waals surface area contributed by atoms with Crippen molar-refractivity contribution in [2.75, 3.05) is 11.1 Å². The van der Waals surface area contributed by atoms with Gasteiger partial charge in [0.05, 0.1) is 5.75 Å². The van der Waals surface area contributed by atoms with Crippen LogP contribution in [0.1, 0.15) is 23.6 Å². The second kappa shape index (κ2) is 8.19. The molecule has 1 N–H and O–H groups in total. The summed E-state index contributed by atoms with van der Waals surface area (Å²) in [5.41, 5.74) is 5.29. The molecule has 0 aliphatic carbocycles. The third kappa shape index (κ3) is 4.52. The number of nitrogens with one attached hydrogen (secondary N) is 1. The van der Waals surface area contributed by atoms with E-state index in [1.807, 2.05) is 49.4 Å². The number of carbonyl (C=O) groups excluding carboxylic acids is 1. The Hall–Kier alpha value is -2.60. The van der Waals surface area contributed by atoms with Gasteiger partial charge in [-0.25, -0.2) is 0 Å². The number of rotatable bonds is 6. The average molecular weight is 367 g/mol. The summed E-state index contributed by atoms with van der Waals surface area (Å²) in [5, 5.41) is 11.3. The van der Waals surface area contributed by atoms with Crippen molar-refractivity contribution in [1.82, 2.24) is 10.2 Å². The van der Waals surface area contributed by atoms with Gasteiger partial charge in [0, 0.05) is 11.3 Å². The highest BCUT2D eigenvalue weighted by atomic mass is 32.2. The van der Waals surface area contributed by atoms with Gasteiger partial charge >= 0.3 is 0 Å². The van der Waals surface area contributed by atoms with E-state index in [-0.39, 0.29) is 11.7 Å².